The SMILES string of the molecule is CNc1cccc(C(C)(C)C)c1N. The monoisotopic (exact) mass is 178 g/mol. The van der Waals surface area contributed by atoms with Gasteiger partial charge in [0.15, 0.2) is 0 Å². The molecule has 2 heteroatoms. The molecular weight excluding hydrogens is 160 g/mol. The van der Waals surface area contributed by atoms with Crippen molar-refractivity contribution in [3.63, 3.8) is 0 Å². The van der Waals surface area contributed by atoms with E-state index in [4.69, 9.17) is 5.73 Å². The van der Waals surface area contributed by atoms with Gasteiger partial charge in [-0.05, 0) is 17.0 Å². The molecule has 3 N–H and O–H groups in total. The number of nitrogens with two attached hydrogens (primary N) is 1. The fraction of sp³-hybridized carbons (Fsp3) is 0.455. The summed E-state index contributed by atoms with van der Waals surface area (Å²) >= 11 is 0. The number of hydrogen-bond acceptors (Lipinski definition) is 2. The Kier molecular flexibility index (Phi) is 2.50. The van der Waals surface area contributed by atoms with E-state index in [0.29, 0.717) is 0 Å². The predicted octanol–water partition coefficient (Wildman–Crippen LogP) is 2.61. The van der Waals surface area contributed by atoms with Crippen LogP contribution in [0.1, 0.15) is 26.3 Å². The average Bonchev–Trinajstić information content (AvgIpc) is 2.02. The first kappa shape index (κ1) is 9.90. The molecule has 0 saturated heterocycles. The molecule has 0 aliphatic rings. The van der Waals surface area contributed by atoms with Crippen LogP contribution in [0, 0.1) is 0 Å². The average molecular weight is 178 g/mol. The minimum Gasteiger partial charge on any atom is -0.397 e. The first-order valence-electron chi connectivity index (χ1n) is 4.53. The fourth-order valence-corrected chi connectivity index (χ4v) is 1.44. The molecule has 0 fully saturated rings. The third-order valence-corrected chi connectivity index (χ3v) is 2.18. The van der Waals surface area contributed by atoms with Crippen molar-refractivity contribution in [2.75, 3.05) is 18.1 Å². The third kappa shape index (κ3) is 1.94. The van der Waals surface area contributed by atoms with Gasteiger partial charge in [-0.25, -0.2) is 0 Å². The lowest BCUT2D eigenvalue weighted by Gasteiger charge is -2.22. The van der Waals surface area contributed by atoms with E-state index < -0.39 is 0 Å². The van der Waals surface area contributed by atoms with Crippen LogP contribution in [0.5, 0.6) is 0 Å². The van der Waals surface area contributed by atoms with Crippen molar-refractivity contribution in [2.45, 2.75) is 26.2 Å². The van der Waals surface area contributed by atoms with Crippen LogP contribution < -0.4 is 11.1 Å². The summed E-state index contributed by atoms with van der Waals surface area (Å²) in [7, 11) is 1.89. The van der Waals surface area contributed by atoms with Crippen LogP contribution in [0.2, 0.25) is 0 Å². The van der Waals surface area contributed by atoms with Gasteiger partial charge in [0, 0.05) is 7.05 Å². The van der Waals surface area contributed by atoms with Crippen molar-refractivity contribution < 1.29 is 0 Å². The molecule has 0 bridgehead atoms. The van der Waals surface area contributed by atoms with E-state index in [0.717, 1.165) is 11.4 Å². The third-order valence-electron chi connectivity index (χ3n) is 2.18. The Labute approximate surface area is 80.1 Å². The molecule has 1 aromatic carbocycles. The Morgan fingerprint density at radius 2 is 1.85 bits per heavy atom. The van der Waals surface area contributed by atoms with Gasteiger partial charge in [-0.2, -0.15) is 0 Å². The summed E-state index contributed by atoms with van der Waals surface area (Å²) in [6, 6.07) is 6.10. The van der Waals surface area contributed by atoms with Crippen molar-refractivity contribution in [1.29, 1.82) is 0 Å². The molecule has 13 heavy (non-hydrogen) atoms. The number of benzene rings is 1. The normalized spacial score (nSPS) is 11.4. The zero-order chi connectivity index (χ0) is 10.1. The van der Waals surface area contributed by atoms with Crippen LogP contribution in [-0.2, 0) is 5.41 Å². The van der Waals surface area contributed by atoms with E-state index in [1.165, 1.54) is 5.56 Å². The Hall–Kier alpha value is -1.18. The van der Waals surface area contributed by atoms with Crippen molar-refractivity contribution in [3.05, 3.63) is 23.8 Å². The first-order chi connectivity index (χ1) is 5.96. The maximum atomic E-state index is 6.02. The molecule has 0 aliphatic carbocycles. The fourth-order valence-electron chi connectivity index (χ4n) is 1.44. The van der Waals surface area contributed by atoms with E-state index in [1.54, 1.807) is 0 Å². The predicted molar refractivity (Wildman–Crippen MR) is 59.1 cm³/mol. The van der Waals surface area contributed by atoms with Crippen molar-refractivity contribution >= 4 is 11.4 Å². The molecule has 0 radical (unpaired) electrons. The lowest BCUT2D eigenvalue weighted by Crippen LogP contribution is -2.14. The van der Waals surface area contributed by atoms with Crippen LogP contribution in [-0.4, -0.2) is 7.05 Å². The van der Waals surface area contributed by atoms with Crippen LogP contribution in [0.3, 0.4) is 0 Å². The summed E-state index contributed by atoms with van der Waals surface area (Å²) in [5.41, 5.74) is 9.19. The molecule has 1 aromatic rings. The van der Waals surface area contributed by atoms with Gasteiger partial charge < -0.3 is 11.1 Å². The quantitative estimate of drug-likeness (QED) is 0.649. The Bertz CT molecular complexity index is 297. The molecule has 0 unspecified atom stereocenters. The van der Waals surface area contributed by atoms with Crippen molar-refractivity contribution in [2.24, 2.45) is 0 Å². The first-order valence-corrected chi connectivity index (χ1v) is 4.53. The molecule has 0 atom stereocenters. The maximum Gasteiger partial charge on any atom is 0.0587 e. The zero-order valence-electron chi connectivity index (χ0n) is 8.81. The largest absolute Gasteiger partial charge is 0.397 e. The van der Waals surface area contributed by atoms with Gasteiger partial charge in [-0.3, -0.25) is 0 Å². The molecule has 72 valence electrons. The Morgan fingerprint density at radius 1 is 1.23 bits per heavy atom. The van der Waals surface area contributed by atoms with Crippen LogP contribution in [0.4, 0.5) is 11.4 Å². The van der Waals surface area contributed by atoms with E-state index in [9.17, 15) is 0 Å². The molecular formula is C11H18N2. The Balaban J connectivity index is 3.24. The summed E-state index contributed by atoms with van der Waals surface area (Å²) in [5.74, 6) is 0. The summed E-state index contributed by atoms with van der Waals surface area (Å²) in [4.78, 5) is 0. The van der Waals surface area contributed by atoms with Gasteiger partial charge in [0.05, 0.1) is 11.4 Å². The van der Waals surface area contributed by atoms with E-state index in [-0.39, 0.29) is 5.41 Å². The number of anilines is 2. The second kappa shape index (κ2) is 3.29. The number of para-hydroxylation sites is 1. The molecule has 0 aromatic heterocycles. The molecule has 0 heterocycles. The summed E-state index contributed by atoms with van der Waals surface area (Å²) in [5, 5.41) is 3.08. The van der Waals surface area contributed by atoms with E-state index in [2.05, 4.69) is 32.2 Å². The van der Waals surface area contributed by atoms with E-state index >= 15 is 0 Å². The highest BCUT2D eigenvalue weighted by molar-refractivity contribution is 5.70. The second-order valence-corrected chi connectivity index (χ2v) is 4.27. The van der Waals surface area contributed by atoms with Crippen molar-refractivity contribution in [3.8, 4) is 0 Å². The van der Waals surface area contributed by atoms with Gasteiger partial charge in [0.2, 0.25) is 0 Å². The lowest BCUT2D eigenvalue weighted by molar-refractivity contribution is 0.593. The molecule has 0 aliphatic heterocycles. The van der Waals surface area contributed by atoms with Gasteiger partial charge >= 0.3 is 0 Å². The topological polar surface area (TPSA) is 38.0 Å². The maximum absolute atomic E-state index is 6.02. The zero-order valence-corrected chi connectivity index (χ0v) is 8.81. The Morgan fingerprint density at radius 3 is 2.31 bits per heavy atom. The summed E-state index contributed by atoms with van der Waals surface area (Å²) in [6.45, 7) is 6.49. The van der Waals surface area contributed by atoms with Crippen LogP contribution >= 0.6 is 0 Å². The molecule has 1 rings (SSSR count). The molecule has 2 nitrogen and oxygen atoms in total. The van der Waals surface area contributed by atoms with Crippen molar-refractivity contribution in [1.82, 2.24) is 0 Å². The number of nitrogens with one attached hydrogen (secondary N) is 1. The molecule has 0 saturated carbocycles. The highest BCUT2D eigenvalue weighted by Crippen LogP contribution is 2.32. The minimum absolute atomic E-state index is 0.108. The highest BCUT2D eigenvalue weighted by Gasteiger charge is 2.17. The smallest absolute Gasteiger partial charge is 0.0587 e. The van der Waals surface area contributed by atoms with Gasteiger partial charge in [0.1, 0.15) is 0 Å². The minimum atomic E-state index is 0.108. The highest BCUT2D eigenvalue weighted by atomic mass is 14.8. The van der Waals surface area contributed by atoms with Crippen LogP contribution in [0.25, 0.3) is 0 Å². The van der Waals surface area contributed by atoms with Gasteiger partial charge in [0.25, 0.3) is 0 Å². The van der Waals surface area contributed by atoms with Gasteiger partial charge in [-0.15, -0.1) is 0 Å². The standard InChI is InChI=1S/C11H18N2/c1-11(2,3)8-6-5-7-9(13-4)10(8)12/h5-7,13H,12H2,1-4H3. The number of hydrogen-bond donors (Lipinski definition) is 2. The van der Waals surface area contributed by atoms with Gasteiger partial charge in [-0.1, -0.05) is 32.9 Å². The summed E-state index contributed by atoms with van der Waals surface area (Å²) in [6.07, 6.45) is 0. The lowest BCUT2D eigenvalue weighted by atomic mass is 9.85. The number of rotatable bonds is 1. The second-order valence-electron chi connectivity index (χ2n) is 4.27. The number of nitrogen functional groups attached to an aromatic ring is 1. The van der Waals surface area contributed by atoms with E-state index in [1.807, 2.05) is 19.2 Å². The summed E-state index contributed by atoms with van der Waals surface area (Å²) < 4.78 is 0. The molecule has 0 spiro atoms. The molecule has 0 amide bonds. The van der Waals surface area contributed by atoms with Crippen LogP contribution in [0.15, 0.2) is 18.2 Å².